The van der Waals surface area contributed by atoms with Gasteiger partial charge in [0.2, 0.25) is 0 Å². The number of hydrogen-bond acceptors (Lipinski definition) is 1. The summed E-state index contributed by atoms with van der Waals surface area (Å²) in [5.41, 5.74) is 3.02. The number of halogens is 1. The lowest BCUT2D eigenvalue weighted by atomic mass is 9.79. The number of rotatable bonds is 2. The topological polar surface area (TPSA) is 20.2 Å². The van der Waals surface area contributed by atoms with Crippen LogP contribution in [-0.4, -0.2) is 11.0 Å². The van der Waals surface area contributed by atoms with Gasteiger partial charge in [-0.1, -0.05) is 59.8 Å². The number of hydrogen-bond donors (Lipinski definition) is 1. The normalized spacial score (nSPS) is 13.2. The number of phenolic OH excluding ortho intramolecular Hbond substituents is 1. The van der Waals surface area contributed by atoms with E-state index in [1.54, 1.807) is 0 Å². The smallest absolute Gasteiger partial charge is 0.126 e. The maximum atomic E-state index is 10.4. The molecule has 0 saturated heterocycles. The zero-order valence-corrected chi connectivity index (χ0v) is 13.6. The molecule has 2 heteroatoms. The molecule has 0 heterocycles. The lowest BCUT2D eigenvalue weighted by Crippen LogP contribution is -2.17. The van der Waals surface area contributed by atoms with Gasteiger partial charge in [0.05, 0.1) is 0 Å². The van der Waals surface area contributed by atoms with Gasteiger partial charge in [-0.2, -0.15) is 0 Å². The molecule has 1 aromatic carbocycles. The average molecular weight is 281 g/mol. The monoisotopic (exact) mass is 280 g/mol. The van der Waals surface area contributed by atoms with Gasteiger partial charge < -0.3 is 5.11 Å². The zero-order chi connectivity index (χ0) is 14.8. The molecule has 0 fully saturated rings. The third kappa shape index (κ3) is 4.01. The molecule has 0 saturated carbocycles. The van der Waals surface area contributed by atoms with Crippen molar-refractivity contribution in [2.24, 2.45) is 0 Å². The van der Waals surface area contributed by atoms with E-state index in [0.717, 1.165) is 11.1 Å². The number of benzene rings is 1. The first-order chi connectivity index (χ1) is 8.57. The molecule has 1 N–H and O–H groups in total. The van der Waals surface area contributed by atoms with E-state index in [-0.39, 0.29) is 10.8 Å². The van der Waals surface area contributed by atoms with Crippen molar-refractivity contribution in [3.63, 3.8) is 0 Å². The molecule has 1 rings (SSSR count). The molecule has 0 aliphatic heterocycles. The second-order valence-electron chi connectivity index (χ2n) is 7.02. The third-order valence-corrected chi connectivity index (χ3v) is 3.38. The summed E-state index contributed by atoms with van der Waals surface area (Å²) in [7, 11) is 0. The third-order valence-electron chi connectivity index (χ3n) is 3.20. The van der Waals surface area contributed by atoms with Crippen molar-refractivity contribution >= 4 is 17.7 Å². The highest BCUT2D eigenvalue weighted by molar-refractivity contribution is 6.19. The zero-order valence-electron chi connectivity index (χ0n) is 12.8. The number of phenols is 1. The molecule has 106 valence electrons. The minimum Gasteiger partial charge on any atom is -0.507 e. The summed E-state index contributed by atoms with van der Waals surface area (Å²) in [4.78, 5) is 0. The Bertz CT molecular complexity index is 473. The molecular formula is C17H25ClO. The Labute approximate surface area is 122 Å². The molecule has 0 unspecified atom stereocenters. The van der Waals surface area contributed by atoms with Crippen LogP contribution in [0.5, 0.6) is 5.75 Å². The van der Waals surface area contributed by atoms with Gasteiger partial charge in [-0.15, -0.1) is 11.6 Å². The highest BCUT2D eigenvalue weighted by atomic mass is 35.5. The van der Waals surface area contributed by atoms with E-state index in [2.05, 4.69) is 47.6 Å². The van der Waals surface area contributed by atoms with Crippen LogP contribution >= 0.6 is 11.6 Å². The van der Waals surface area contributed by atoms with Gasteiger partial charge in [-0.25, -0.2) is 0 Å². The Hall–Kier alpha value is -0.950. The quantitative estimate of drug-likeness (QED) is 0.735. The Morgan fingerprint density at radius 1 is 1.05 bits per heavy atom. The molecule has 0 aromatic heterocycles. The van der Waals surface area contributed by atoms with Crippen LogP contribution in [0, 0.1) is 0 Å². The first-order valence-corrected chi connectivity index (χ1v) is 7.21. The fraction of sp³-hybridized carbons (Fsp3) is 0.529. The van der Waals surface area contributed by atoms with Crippen molar-refractivity contribution in [1.82, 2.24) is 0 Å². The SMILES string of the molecule is CC(C)(C)c1cc(C=CCCl)c(O)c(C(C)(C)C)c1. The van der Waals surface area contributed by atoms with Crippen LogP contribution in [0.4, 0.5) is 0 Å². The van der Waals surface area contributed by atoms with Gasteiger partial charge in [0.15, 0.2) is 0 Å². The molecule has 0 amide bonds. The Morgan fingerprint density at radius 2 is 1.63 bits per heavy atom. The second-order valence-corrected chi connectivity index (χ2v) is 7.33. The summed E-state index contributed by atoms with van der Waals surface area (Å²) in [6.45, 7) is 12.9. The number of aromatic hydroxyl groups is 1. The molecule has 0 aliphatic carbocycles. The lowest BCUT2D eigenvalue weighted by molar-refractivity contribution is 0.443. The standard InChI is InChI=1S/C17H25ClO/c1-16(2,3)13-10-12(8-7-9-18)15(19)14(11-13)17(4,5)6/h7-8,10-11,19H,9H2,1-6H3. The molecule has 0 bridgehead atoms. The minimum atomic E-state index is -0.0884. The summed E-state index contributed by atoms with van der Waals surface area (Å²) in [5.74, 6) is 0.811. The molecule has 1 nitrogen and oxygen atoms in total. The number of alkyl halides is 1. The minimum absolute atomic E-state index is 0.0528. The van der Waals surface area contributed by atoms with Gasteiger partial charge in [-0.05, 0) is 22.5 Å². The maximum absolute atomic E-state index is 10.4. The van der Waals surface area contributed by atoms with Crippen molar-refractivity contribution in [3.05, 3.63) is 34.9 Å². The lowest BCUT2D eigenvalue weighted by Gasteiger charge is -2.27. The Morgan fingerprint density at radius 3 is 2.05 bits per heavy atom. The first-order valence-electron chi connectivity index (χ1n) is 6.68. The van der Waals surface area contributed by atoms with Crippen molar-refractivity contribution in [3.8, 4) is 5.75 Å². The van der Waals surface area contributed by atoms with Crippen LogP contribution in [0.3, 0.4) is 0 Å². The summed E-state index contributed by atoms with van der Waals surface area (Å²) in [5, 5.41) is 10.4. The average Bonchev–Trinajstić information content (AvgIpc) is 2.24. The Balaban J connectivity index is 3.52. The van der Waals surface area contributed by atoms with E-state index < -0.39 is 0 Å². The van der Waals surface area contributed by atoms with E-state index in [1.165, 1.54) is 5.56 Å². The van der Waals surface area contributed by atoms with Crippen LogP contribution in [0.15, 0.2) is 18.2 Å². The molecular weight excluding hydrogens is 256 g/mol. The van der Waals surface area contributed by atoms with Crippen molar-refractivity contribution in [2.75, 3.05) is 5.88 Å². The number of allylic oxidation sites excluding steroid dienone is 1. The van der Waals surface area contributed by atoms with Gasteiger partial charge in [-0.3, -0.25) is 0 Å². The Kier molecular flexibility index (Phi) is 4.73. The van der Waals surface area contributed by atoms with Crippen LogP contribution < -0.4 is 0 Å². The fourth-order valence-electron chi connectivity index (χ4n) is 1.96. The maximum Gasteiger partial charge on any atom is 0.126 e. The molecule has 0 aliphatic rings. The first kappa shape index (κ1) is 16.1. The highest BCUT2D eigenvalue weighted by Crippen LogP contribution is 2.38. The van der Waals surface area contributed by atoms with E-state index in [4.69, 9.17) is 11.6 Å². The van der Waals surface area contributed by atoms with Crippen LogP contribution in [0.1, 0.15) is 58.2 Å². The molecule has 19 heavy (non-hydrogen) atoms. The van der Waals surface area contributed by atoms with Gasteiger partial charge in [0, 0.05) is 17.0 Å². The van der Waals surface area contributed by atoms with E-state index in [0.29, 0.717) is 11.6 Å². The highest BCUT2D eigenvalue weighted by Gasteiger charge is 2.24. The summed E-state index contributed by atoms with van der Waals surface area (Å²) in [6.07, 6.45) is 3.75. The molecule has 1 aromatic rings. The summed E-state index contributed by atoms with van der Waals surface area (Å²) in [6, 6.07) is 4.17. The largest absolute Gasteiger partial charge is 0.507 e. The predicted octanol–water partition coefficient (Wildman–Crippen LogP) is 5.24. The van der Waals surface area contributed by atoms with E-state index in [9.17, 15) is 5.11 Å². The van der Waals surface area contributed by atoms with Crippen molar-refractivity contribution in [1.29, 1.82) is 0 Å². The van der Waals surface area contributed by atoms with Crippen molar-refractivity contribution < 1.29 is 5.11 Å². The van der Waals surface area contributed by atoms with Crippen LogP contribution in [-0.2, 0) is 10.8 Å². The summed E-state index contributed by atoms with van der Waals surface area (Å²) < 4.78 is 0. The summed E-state index contributed by atoms with van der Waals surface area (Å²) >= 11 is 5.69. The van der Waals surface area contributed by atoms with Crippen LogP contribution in [0.2, 0.25) is 0 Å². The van der Waals surface area contributed by atoms with E-state index >= 15 is 0 Å². The molecule has 0 spiro atoms. The second kappa shape index (κ2) is 5.58. The van der Waals surface area contributed by atoms with E-state index in [1.807, 2.05) is 18.2 Å². The van der Waals surface area contributed by atoms with Gasteiger partial charge in [0.1, 0.15) is 5.75 Å². The molecule has 0 atom stereocenters. The van der Waals surface area contributed by atoms with Crippen molar-refractivity contribution in [2.45, 2.75) is 52.4 Å². The predicted molar refractivity (Wildman–Crippen MR) is 85.3 cm³/mol. The van der Waals surface area contributed by atoms with Gasteiger partial charge in [0.25, 0.3) is 0 Å². The van der Waals surface area contributed by atoms with Gasteiger partial charge >= 0.3 is 0 Å². The fourth-order valence-corrected chi connectivity index (χ4v) is 2.05. The molecule has 0 radical (unpaired) electrons. The van der Waals surface area contributed by atoms with Crippen LogP contribution in [0.25, 0.3) is 6.08 Å².